The summed E-state index contributed by atoms with van der Waals surface area (Å²) in [7, 11) is 3.60. The molecular weight excluding hydrogens is 311 g/mol. The number of methoxy groups -OCH3 is 1. The SMILES string of the molecule is COCc1cc(Br)cc(C2CC(CN)CN2C)c1F. The van der Waals surface area contributed by atoms with Gasteiger partial charge in [0.05, 0.1) is 6.61 Å². The van der Waals surface area contributed by atoms with Crippen molar-refractivity contribution in [2.24, 2.45) is 11.7 Å². The highest BCUT2D eigenvalue weighted by Gasteiger charge is 2.32. The third kappa shape index (κ3) is 3.16. The Labute approximate surface area is 122 Å². The van der Waals surface area contributed by atoms with Gasteiger partial charge in [0.15, 0.2) is 0 Å². The van der Waals surface area contributed by atoms with Crippen LogP contribution < -0.4 is 5.73 Å². The second kappa shape index (κ2) is 6.31. The number of ether oxygens (including phenoxy) is 1. The summed E-state index contributed by atoms with van der Waals surface area (Å²) >= 11 is 3.45. The summed E-state index contributed by atoms with van der Waals surface area (Å²) in [5.41, 5.74) is 7.06. The first-order valence-corrected chi connectivity index (χ1v) is 7.23. The lowest BCUT2D eigenvalue weighted by molar-refractivity contribution is 0.180. The summed E-state index contributed by atoms with van der Waals surface area (Å²) in [6.45, 7) is 1.86. The van der Waals surface area contributed by atoms with Gasteiger partial charge in [-0.15, -0.1) is 0 Å². The van der Waals surface area contributed by atoms with Crippen LogP contribution in [0.3, 0.4) is 0 Å². The normalized spacial score (nSPS) is 24.1. The lowest BCUT2D eigenvalue weighted by Gasteiger charge is -2.21. The molecule has 1 aliphatic heterocycles. The van der Waals surface area contributed by atoms with Crippen LogP contribution in [0.5, 0.6) is 0 Å². The molecule has 0 bridgehead atoms. The Morgan fingerprint density at radius 2 is 2.26 bits per heavy atom. The maximum absolute atomic E-state index is 14.5. The Balaban J connectivity index is 2.34. The van der Waals surface area contributed by atoms with Crippen molar-refractivity contribution in [2.45, 2.75) is 19.1 Å². The molecule has 0 amide bonds. The van der Waals surface area contributed by atoms with Crippen LogP contribution in [0.25, 0.3) is 0 Å². The van der Waals surface area contributed by atoms with E-state index in [0.717, 1.165) is 23.0 Å². The third-order valence-corrected chi connectivity index (χ3v) is 4.23. The van der Waals surface area contributed by atoms with E-state index in [1.807, 2.05) is 13.1 Å². The highest BCUT2D eigenvalue weighted by Crippen LogP contribution is 2.37. The first kappa shape index (κ1) is 14.9. The van der Waals surface area contributed by atoms with Gasteiger partial charge in [0.1, 0.15) is 5.82 Å². The molecule has 3 nitrogen and oxygen atoms in total. The zero-order chi connectivity index (χ0) is 14.0. The Morgan fingerprint density at radius 1 is 1.53 bits per heavy atom. The van der Waals surface area contributed by atoms with Crippen LogP contribution in [0.1, 0.15) is 23.6 Å². The summed E-state index contributed by atoms with van der Waals surface area (Å²) in [6, 6.07) is 3.74. The first-order chi connectivity index (χ1) is 9.06. The molecular formula is C14H20BrFN2O. The smallest absolute Gasteiger partial charge is 0.133 e. The lowest BCUT2D eigenvalue weighted by Crippen LogP contribution is -2.21. The topological polar surface area (TPSA) is 38.5 Å². The van der Waals surface area contributed by atoms with Crippen molar-refractivity contribution in [3.63, 3.8) is 0 Å². The summed E-state index contributed by atoms with van der Waals surface area (Å²) in [5.74, 6) is 0.291. The van der Waals surface area contributed by atoms with E-state index in [9.17, 15) is 4.39 Å². The third-order valence-electron chi connectivity index (χ3n) is 3.77. The van der Waals surface area contributed by atoms with Crippen molar-refractivity contribution < 1.29 is 9.13 Å². The Bertz CT molecular complexity index is 455. The molecule has 1 aromatic carbocycles. The minimum atomic E-state index is -0.153. The molecule has 1 saturated heterocycles. The van der Waals surface area contributed by atoms with Crippen molar-refractivity contribution >= 4 is 15.9 Å². The predicted molar refractivity (Wildman–Crippen MR) is 77.3 cm³/mol. The zero-order valence-electron chi connectivity index (χ0n) is 11.3. The number of halogens is 2. The van der Waals surface area contributed by atoms with Crippen molar-refractivity contribution in [2.75, 3.05) is 27.2 Å². The summed E-state index contributed by atoms with van der Waals surface area (Å²) in [5, 5.41) is 0. The molecule has 2 rings (SSSR count). The van der Waals surface area contributed by atoms with Gasteiger partial charge in [0, 0.05) is 35.3 Å². The van der Waals surface area contributed by atoms with Crippen molar-refractivity contribution in [3.05, 3.63) is 33.5 Å². The van der Waals surface area contributed by atoms with Crippen molar-refractivity contribution in [1.82, 2.24) is 4.90 Å². The van der Waals surface area contributed by atoms with E-state index in [1.165, 1.54) is 0 Å². The Kier molecular flexibility index (Phi) is 4.95. The Hall–Kier alpha value is -0.490. The molecule has 2 unspecified atom stereocenters. The molecule has 0 spiro atoms. The predicted octanol–water partition coefficient (Wildman–Crippen LogP) is 2.69. The van der Waals surface area contributed by atoms with Crippen LogP contribution in [0, 0.1) is 11.7 Å². The first-order valence-electron chi connectivity index (χ1n) is 6.43. The molecule has 0 saturated carbocycles. The van der Waals surface area contributed by atoms with E-state index in [2.05, 4.69) is 20.8 Å². The average molecular weight is 331 g/mol. The van der Waals surface area contributed by atoms with Crippen LogP contribution in [-0.2, 0) is 11.3 Å². The van der Waals surface area contributed by atoms with Gasteiger partial charge >= 0.3 is 0 Å². The highest BCUT2D eigenvalue weighted by molar-refractivity contribution is 9.10. The molecule has 1 heterocycles. The largest absolute Gasteiger partial charge is 0.380 e. The van der Waals surface area contributed by atoms with E-state index in [-0.39, 0.29) is 18.5 Å². The van der Waals surface area contributed by atoms with Gasteiger partial charge in [-0.3, -0.25) is 4.90 Å². The maximum Gasteiger partial charge on any atom is 0.133 e. The lowest BCUT2D eigenvalue weighted by atomic mass is 9.98. The molecule has 2 atom stereocenters. The second-order valence-corrected chi connectivity index (χ2v) is 6.11. The van der Waals surface area contributed by atoms with Gasteiger partial charge < -0.3 is 10.5 Å². The van der Waals surface area contributed by atoms with Crippen molar-refractivity contribution in [3.8, 4) is 0 Å². The van der Waals surface area contributed by atoms with Gasteiger partial charge in [-0.05, 0) is 38.1 Å². The molecule has 19 heavy (non-hydrogen) atoms. The molecule has 1 aromatic rings. The van der Waals surface area contributed by atoms with Gasteiger partial charge in [0.2, 0.25) is 0 Å². The number of rotatable bonds is 4. The van der Waals surface area contributed by atoms with Crippen LogP contribution in [-0.4, -0.2) is 32.1 Å². The van der Waals surface area contributed by atoms with Gasteiger partial charge in [-0.1, -0.05) is 15.9 Å². The van der Waals surface area contributed by atoms with E-state index in [4.69, 9.17) is 10.5 Å². The maximum atomic E-state index is 14.5. The molecule has 106 valence electrons. The van der Waals surface area contributed by atoms with E-state index < -0.39 is 0 Å². The fourth-order valence-corrected chi connectivity index (χ4v) is 3.33. The number of nitrogens with two attached hydrogens (primary N) is 1. The number of hydrogen-bond donors (Lipinski definition) is 1. The van der Waals surface area contributed by atoms with Crippen LogP contribution in [0.2, 0.25) is 0 Å². The molecule has 1 fully saturated rings. The quantitative estimate of drug-likeness (QED) is 0.922. The standard InChI is InChI=1S/C14H20BrFN2O/c1-18-7-9(6-17)3-13(18)12-5-11(15)4-10(8-19-2)14(12)16/h4-5,9,13H,3,6-8,17H2,1-2H3. The second-order valence-electron chi connectivity index (χ2n) is 5.19. The number of hydrogen-bond acceptors (Lipinski definition) is 3. The number of nitrogens with zero attached hydrogens (tertiary/aromatic N) is 1. The Morgan fingerprint density at radius 3 is 2.84 bits per heavy atom. The molecule has 0 aliphatic carbocycles. The molecule has 0 radical (unpaired) electrons. The van der Waals surface area contributed by atoms with E-state index in [0.29, 0.717) is 18.0 Å². The minimum absolute atomic E-state index is 0.0988. The summed E-state index contributed by atoms with van der Waals surface area (Å²) in [6.07, 6.45) is 0.910. The van der Waals surface area contributed by atoms with E-state index in [1.54, 1.807) is 13.2 Å². The summed E-state index contributed by atoms with van der Waals surface area (Å²) < 4.78 is 20.5. The average Bonchev–Trinajstić information content (AvgIpc) is 2.75. The molecule has 0 aromatic heterocycles. The fraction of sp³-hybridized carbons (Fsp3) is 0.571. The van der Waals surface area contributed by atoms with Crippen LogP contribution >= 0.6 is 15.9 Å². The van der Waals surface area contributed by atoms with Gasteiger partial charge in [-0.25, -0.2) is 4.39 Å². The van der Waals surface area contributed by atoms with Crippen LogP contribution in [0.4, 0.5) is 4.39 Å². The minimum Gasteiger partial charge on any atom is -0.380 e. The molecule has 5 heteroatoms. The monoisotopic (exact) mass is 330 g/mol. The molecule has 2 N–H and O–H groups in total. The van der Waals surface area contributed by atoms with E-state index >= 15 is 0 Å². The number of likely N-dealkylation sites (tertiary alicyclic amines) is 1. The highest BCUT2D eigenvalue weighted by atomic mass is 79.9. The zero-order valence-corrected chi connectivity index (χ0v) is 12.9. The van der Waals surface area contributed by atoms with Crippen LogP contribution in [0.15, 0.2) is 16.6 Å². The van der Waals surface area contributed by atoms with Gasteiger partial charge in [0.25, 0.3) is 0 Å². The summed E-state index contributed by atoms with van der Waals surface area (Å²) in [4.78, 5) is 2.18. The fourth-order valence-electron chi connectivity index (χ4n) is 2.81. The van der Waals surface area contributed by atoms with Gasteiger partial charge in [-0.2, -0.15) is 0 Å². The molecule has 1 aliphatic rings. The number of benzene rings is 1. The van der Waals surface area contributed by atoms with Crippen molar-refractivity contribution in [1.29, 1.82) is 0 Å².